The van der Waals surface area contributed by atoms with Crippen molar-refractivity contribution in [2.75, 3.05) is 7.11 Å². The summed E-state index contributed by atoms with van der Waals surface area (Å²) < 4.78 is 10.9. The van der Waals surface area contributed by atoms with Crippen molar-refractivity contribution in [2.45, 2.75) is 52.4 Å². The number of nitrogens with one attached hydrogen (secondary N) is 1. The highest BCUT2D eigenvalue weighted by atomic mass is 16.5. The number of rotatable bonds is 9. The van der Waals surface area contributed by atoms with Crippen LogP contribution in [-0.4, -0.2) is 49.6 Å². The van der Waals surface area contributed by atoms with Crippen molar-refractivity contribution in [1.29, 1.82) is 0 Å². The molecule has 1 unspecified atom stereocenters. The largest absolute Gasteiger partial charge is 0.497 e. The molecule has 0 aliphatic heterocycles. The van der Waals surface area contributed by atoms with Gasteiger partial charge >= 0.3 is 0 Å². The number of tetrazole rings is 1. The summed E-state index contributed by atoms with van der Waals surface area (Å²) in [5.41, 5.74) is 2.20. The molecule has 0 aliphatic carbocycles. The molecule has 0 spiro atoms. The summed E-state index contributed by atoms with van der Waals surface area (Å²) in [6.07, 6.45) is 1.48. The molecule has 1 N–H and O–H groups in total. The molecule has 2 heterocycles. The van der Waals surface area contributed by atoms with Crippen LogP contribution >= 0.6 is 0 Å². The molecular formula is C28H32N6O4. The van der Waals surface area contributed by atoms with Gasteiger partial charge in [-0.15, -0.1) is 10.2 Å². The van der Waals surface area contributed by atoms with Gasteiger partial charge in [0, 0.05) is 17.6 Å². The fraction of sp³-hybridized carbons (Fsp3) is 0.321. The van der Waals surface area contributed by atoms with E-state index in [1.54, 1.807) is 19.2 Å². The van der Waals surface area contributed by atoms with E-state index < -0.39 is 11.6 Å². The Morgan fingerprint density at radius 3 is 2.39 bits per heavy atom. The third-order valence-electron chi connectivity index (χ3n) is 5.74. The number of furan rings is 1. The van der Waals surface area contributed by atoms with Crippen molar-refractivity contribution in [1.82, 2.24) is 30.4 Å². The lowest BCUT2D eigenvalue weighted by molar-refractivity contribution is -0.143. The number of benzene rings is 2. The molecule has 2 aromatic heterocycles. The van der Waals surface area contributed by atoms with Crippen LogP contribution < -0.4 is 10.1 Å². The van der Waals surface area contributed by atoms with Crippen molar-refractivity contribution in [3.63, 3.8) is 0 Å². The van der Waals surface area contributed by atoms with Crippen LogP contribution in [0.2, 0.25) is 0 Å². The van der Waals surface area contributed by atoms with Gasteiger partial charge in [-0.05, 0) is 62.7 Å². The van der Waals surface area contributed by atoms with Gasteiger partial charge in [0.25, 0.3) is 5.91 Å². The van der Waals surface area contributed by atoms with E-state index >= 15 is 0 Å². The van der Waals surface area contributed by atoms with E-state index in [0.717, 1.165) is 16.7 Å². The van der Waals surface area contributed by atoms with Crippen LogP contribution in [0.1, 0.15) is 43.7 Å². The molecule has 198 valence electrons. The van der Waals surface area contributed by atoms with Crippen LogP contribution in [0.4, 0.5) is 0 Å². The molecule has 0 saturated carbocycles. The Bertz CT molecular complexity index is 1360. The third-order valence-corrected chi connectivity index (χ3v) is 5.74. The van der Waals surface area contributed by atoms with Gasteiger partial charge < -0.3 is 19.4 Å². The Kier molecular flexibility index (Phi) is 7.90. The van der Waals surface area contributed by atoms with E-state index in [-0.39, 0.29) is 24.9 Å². The molecular weight excluding hydrogens is 484 g/mol. The van der Waals surface area contributed by atoms with Gasteiger partial charge in [0.15, 0.2) is 6.04 Å². The average Bonchev–Trinajstić information content (AvgIpc) is 3.56. The maximum atomic E-state index is 13.8. The predicted molar refractivity (Wildman–Crippen MR) is 141 cm³/mol. The predicted octanol–water partition coefficient (Wildman–Crippen LogP) is 3.93. The Morgan fingerprint density at radius 2 is 1.79 bits per heavy atom. The number of nitrogens with zero attached hydrogens (tertiary/aromatic N) is 5. The van der Waals surface area contributed by atoms with Crippen molar-refractivity contribution >= 4 is 11.8 Å². The Balaban J connectivity index is 1.65. The number of hydrogen-bond acceptors (Lipinski definition) is 7. The molecule has 0 saturated heterocycles. The van der Waals surface area contributed by atoms with Gasteiger partial charge in [-0.2, -0.15) is 4.80 Å². The number of ether oxygens (including phenoxy) is 1. The zero-order valence-corrected chi connectivity index (χ0v) is 22.2. The smallest absolute Gasteiger partial charge is 0.251 e. The van der Waals surface area contributed by atoms with Crippen molar-refractivity contribution < 1.29 is 18.7 Å². The number of aryl methyl sites for hydroxylation is 1. The zero-order valence-electron chi connectivity index (χ0n) is 22.2. The maximum absolute atomic E-state index is 13.8. The Morgan fingerprint density at radius 1 is 1.08 bits per heavy atom. The lowest BCUT2D eigenvalue weighted by Crippen LogP contribution is -2.49. The van der Waals surface area contributed by atoms with Gasteiger partial charge in [0.05, 0.1) is 13.4 Å². The lowest BCUT2D eigenvalue weighted by Gasteiger charge is -2.32. The Hall–Kier alpha value is -4.47. The molecule has 4 aromatic rings. The van der Waals surface area contributed by atoms with E-state index in [1.165, 1.54) is 16.0 Å². The van der Waals surface area contributed by atoms with E-state index in [4.69, 9.17) is 9.15 Å². The molecule has 0 bridgehead atoms. The molecule has 0 fully saturated rings. The summed E-state index contributed by atoms with van der Waals surface area (Å²) in [4.78, 5) is 30.0. The quantitative estimate of drug-likeness (QED) is 0.358. The van der Waals surface area contributed by atoms with Crippen LogP contribution in [0.15, 0.2) is 71.3 Å². The van der Waals surface area contributed by atoms with Crippen LogP contribution in [0.25, 0.3) is 11.4 Å². The fourth-order valence-corrected chi connectivity index (χ4v) is 3.90. The topological polar surface area (TPSA) is 115 Å². The minimum absolute atomic E-state index is 0.144. The molecule has 2 aromatic carbocycles. The molecule has 0 aliphatic rings. The van der Waals surface area contributed by atoms with Gasteiger partial charge in [-0.1, -0.05) is 42.0 Å². The second-order valence-corrected chi connectivity index (χ2v) is 10.0. The third kappa shape index (κ3) is 6.64. The van der Waals surface area contributed by atoms with Gasteiger partial charge in [-0.25, -0.2) is 0 Å². The number of carbonyl (C=O) groups is 2. The molecule has 1 atom stereocenters. The summed E-state index contributed by atoms with van der Waals surface area (Å²) in [6.45, 7) is 7.57. The SMILES string of the molecule is COc1ccc(CN(C(=O)Cn2nnc(-c3ccc(C)cc3)n2)C(C(=O)NC(C)(C)C)c2ccco2)cc1. The number of hydrogen-bond donors (Lipinski definition) is 1. The standard InChI is InChI=1S/C28H32N6O4/c1-19-8-12-21(13-9-19)26-30-32-34(31-26)18-24(35)33(17-20-10-14-22(37-5)15-11-20)25(23-7-6-16-38-23)27(36)29-28(2,3)4/h6-16,25H,17-18H2,1-5H3,(H,29,36). The molecule has 38 heavy (non-hydrogen) atoms. The van der Waals surface area contributed by atoms with Crippen molar-refractivity contribution in [3.8, 4) is 17.1 Å². The summed E-state index contributed by atoms with van der Waals surface area (Å²) in [5, 5.41) is 15.6. The minimum atomic E-state index is -1.01. The minimum Gasteiger partial charge on any atom is -0.497 e. The Labute approximate surface area is 221 Å². The number of carbonyl (C=O) groups excluding carboxylic acids is 2. The monoisotopic (exact) mass is 516 g/mol. The normalized spacial score (nSPS) is 12.1. The summed E-state index contributed by atoms with van der Waals surface area (Å²) in [7, 11) is 1.59. The van der Waals surface area contributed by atoms with E-state index in [2.05, 4.69) is 20.7 Å². The van der Waals surface area contributed by atoms with Gasteiger partial charge in [-0.3, -0.25) is 9.59 Å². The average molecular weight is 517 g/mol. The first-order chi connectivity index (χ1) is 18.1. The summed E-state index contributed by atoms with van der Waals surface area (Å²) in [6, 6.07) is 17.4. The fourth-order valence-electron chi connectivity index (χ4n) is 3.90. The second-order valence-electron chi connectivity index (χ2n) is 10.0. The molecule has 10 heteroatoms. The lowest BCUT2D eigenvalue weighted by atomic mass is 10.1. The van der Waals surface area contributed by atoms with Crippen molar-refractivity contribution in [3.05, 3.63) is 83.8 Å². The highest BCUT2D eigenvalue weighted by Crippen LogP contribution is 2.26. The van der Waals surface area contributed by atoms with Crippen LogP contribution in [0.5, 0.6) is 5.75 Å². The van der Waals surface area contributed by atoms with Crippen LogP contribution in [-0.2, 0) is 22.7 Å². The van der Waals surface area contributed by atoms with E-state index in [0.29, 0.717) is 17.3 Å². The van der Waals surface area contributed by atoms with E-state index in [1.807, 2.05) is 76.2 Å². The van der Waals surface area contributed by atoms with Crippen LogP contribution in [0, 0.1) is 6.92 Å². The first kappa shape index (κ1) is 26.6. The molecule has 2 amide bonds. The number of aromatic nitrogens is 4. The first-order valence-electron chi connectivity index (χ1n) is 12.3. The zero-order chi connectivity index (χ0) is 27.3. The van der Waals surface area contributed by atoms with Crippen molar-refractivity contribution in [2.24, 2.45) is 0 Å². The van der Waals surface area contributed by atoms with Gasteiger partial charge in [0.2, 0.25) is 11.7 Å². The van der Waals surface area contributed by atoms with Crippen LogP contribution in [0.3, 0.4) is 0 Å². The highest BCUT2D eigenvalue weighted by molar-refractivity contribution is 5.88. The molecule has 4 rings (SSSR count). The summed E-state index contributed by atoms with van der Waals surface area (Å²) >= 11 is 0. The first-order valence-corrected chi connectivity index (χ1v) is 12.3. The second kappa shape index (κ2) is 11.3. The van der Waals surface area contributed by atoms with Gasteiger partial charge in [0.1, 0.15) is 18.1 Å². The number of methoxy groups -OCH3 is 1. The number of amides is 2. The molecule has 10 nitrogen and oxygen atoms in total. The molecule has 0 radical (unpaired) electrons. The summed E-state index contributed by atoms with van der Waals surface area (Å²) in [5.74, 6) is 0.712. The maximum Gasteiger partial charge on any atom is 0.251 e. The highest BCUT2D eigenvalue weighted by Gasteiger charge is 2.35. The van der Waals surface area contributed by atoms with E-state index in [9.17, 15) is 9.59 Å².